The summed E-state index contributed by atoms with van der Waals surface area (Å²) < 4.78 is 13.1. The van der Waals surface area contributed by atoms with Crippen LogP contribution in [0.4, 0.5) is 10.1 Å². The molecule has 2 aromatic rings. The maximum Gasteiger partial charge on any atom is 0.224 e. The maximum absolute atomic E-state index is 13.1. The van der Waals surface area contributed by atoms with Crippen molar-refractivity contribution in [3.05, 3.63) is 65.5 Å². The minimum atomic E-state index is -0.255. The van der Waals surface area contributed by atoms with Gasteiger partial charge in [0.05, 0.1) is 12.5 Å². The van der Waals surface area contributed by atoms with Crippen molar-refractivity contribution in [3.63, 3.8) is 0 Å². The lowest BCUT2D eigenvalue weighted by molar-refractivity contribution is -0.121. The van der Waals surface area contributed by atoms with E-state index in [9.17, 15) is 9.18 Å². The van der Waals surface area contributed by atoms with Crippen molar-refractivity contribution in [3.8, 4) is 0 Å². The Balaban J connectivity index is 1.69. The lowest BCUT2D eigenvalue weighted by Gasteiger charge is -2.34. The van der Waals surface area contributed by atoms with Crippen molar-refractivity contribution in [2.45, 2.75) is 31.7 Å². The molecule has 3 N–H and O–H groups in total. The van der Waals surface area contributed by atoms with Crippen molar-refractivity contribution >= 4 is 11.6 Å². The van der Waals surface area contributed by atoms with Crippen LogP contribution in [0.15, 0.2) is 48.5 Å². The number of nitrogen functional groups attached to an aromatic ring is 1. The van der Waals surface area contributed by atoms with Crippen LogP contribution in [0.3, 0.4) is 0 Å². The molecule has 1 amide bonds. The Hall–Kier alpha value is -2.36. The van der Waals surface area contributed by atoms with Crippen LogP contribution < -0.4 is 11.1 Å². The van der Waals surface area contributed by atoms with Gasteiger partial charge in [-0.25, -0.2) is 4.39 Å². The highest BCUT2D eigenvalue weighted by Gasteiger charge is 2.29. The van der Waals surface area contributed by atoms with Gasteiger partial charge in [-0.1, -0.05) is 30.7 Å². The maximum atomic E-state index is 13.1. The number of nitrogens with one attached hydrogen (secondary N) is 1. The first-order valence-electron chi connectivity index (χ1n) is 8.01. The Morgan fingerprint density at radius 2 is 1.78 bits per heavy atom. The molecule has 23 heavy (non-hydrogen) atoms. The van der Waals surface area contributed by atoms with Crippen LogP contribution in [0.1, 0.15) is 36.4 Å². The van der Waals surface area contributed by atoms with E-state index in [2.05, 4.69) is 5.32 Å². The molecule has 1 aliphatic rings. The molecule has 0 aromatic heterocycles. The second-order valence-electron chi connectivity index (χ2n) is 6.21. The third-order valence-electron chi connectivity index (χ3n) is 4.51. The molecule has 4 heteroatoms. The highest BCUT2D eigenvalue weighted by molar-refractivity contribution is 5.79. The van der Waals surface area contributed by atoms with Gasteiger partial charge >= 0.3 is 0 Å². The molecule has 1 saturated carbocycles. The average Bonchev–Trinajstić information content (AvgIpc) is 2.48. The van der Waals surface area contributed by atoms with E-state index in [0.29, 0.717) is 18.0 Å². The van der Waals surface area contributed by atoms with Gasteiger partial charge in [-0.3, -0.25) is 4.79 Å². The minimum absolute atomic E-state index is 0.0176. The van der Waals surface area contributed by atoms with Crippen molar-refractivity contribution in [1.29, 1.82) is 0 Å². The monoisotopic (exact) mass is 312 g/mol. The summed E-state index contributed by atoms with van der Waals surface area (Å²) in [4.78, 5) is 12.4. The highest BCUT2D eigenvalue weighted by atomic mass is 19.1. The molecular weight excluding hydrogens is 291 g/mol. The molecule has 0 saturated heterocycles. The lowest BCUT2D eigenvalue weighted by atomic mass is 9.77. The van der Waals surface area contributed by atoms with E-state index in [1.54, 1.807) is 24.3 Å². The fourth-order valence-corrected chi connectivity index (χ4v) is 2.96. The molecule has 120 valence electrons. The second kappa shape index (κ2) is 6.82. The topological polar surface area (TPSA) is 55.1 Å². The first kappa shape index (κ1) is 15.5. The van der Waals surface area contributed by atoms with Crippen molar-refractivity contribution in [2.24, 2.45) is 5.92 Å². The molecule has 1 unspecified atom stereocenters. The van der Waals surface area contributed by atoms with E-state index in [-0.39, 0.29) is 17.8 Å². The predicted molar refractivity (Wildman–Crippen MR) is 89.2 cm³/mol. The third kappa shape index (κ3) is 3.89. The fraction of sp³-hybridized carbons (Fsp3) is 0.316. The SMILES string of the molecule is Nc1ccc(CC(=O)NC(c2ccc(F)cc2)C2CCC2)cc1. The average molecular weight is 312 g/mol. The van der Waals surface area contributed by atoms with Crippen molar-refractivity contribution in [2.75, 3.05) is 5.73 Å². The van der Waals surface area contributed by atoms with Crippen molar-refractivity contribution < 1.29 is 9.18 Å². The first-order valence-corrected chi connectivity index (χ1v) is 8.01. The molecule has 0 spiro atoms. The molecule has 3 nitrogen and oxygen atoms in total. The van der Waals surface area contributed by atoms with Gasteiger partial charge in [-0.2, -0.15) is 0 Å². The summed E-state index contributed by atoms with van der Waals surface area (Å²) in [5.74, 6) is 0.168. The number of hydrogen-bond acceptors (Lipinski definition) is 2. The number of hydrogen-bond donors (Lipinski definition) is 2. The van der Waals surface area contributed by atoms with E-state index in [4.69, 9.17) is 5.73 Å². The summed E-state index contributed by atoms with van der Waals surface area (Å²) in [5, 5.41) is 3.13. The number of anilines is 1. The molecule has 3 rings (SSSR count). The van der Waals surface area contributed by atoms with Crippen LogP contribution in [0.5, 0.6) is 0 Å². The molecule has 0 aliphatic heterocycles. The number of carbonyl (C=O) groups excluding carboxylic acids is 1. The number of benzene rings is 2. The Morgan fingerprint density at radius 3 is 2.35 bits per heavy atom. The summed E-state index contributed by atoms with van der Waals surface area (Å²) in [5.41, 5.74) is 8.26. The van der Waals surface area contributed by atoms with Gasteiger partial charge in [0, 0.05) is 5.69 Å². The fourth-order valence-electron chi connectivity index (χ4n) is 2.96. The number of carbonyl (C=O) groups is 1. The molecule has 0 heterocycles. The van der Waals surface area contributed by atoms with Gasteiger partial charge in [0.1, 0.15) is 5.82 Å². The van der Waals surface area contributed by atoms with Crippen LogP contribution >= 0.6 is 0 Å². The molecule has 1 aliphatic carbocycles. The summed E-state index contributed by atoms with van der Waals surface area (Å²) in [7, 11) is 0. The van der Waals surface area contributed by atoms with E-state index in [0.717, 1.165) is 24.0 Å². The van der Waals surface area contributed by atoms with Gasteiger partial charge in [0.15, 0.2) is 0 Å². The molecule has 0 bridgehead atoms. The highest BCUT2D eigenvalue weighted by Crippen LogP contribution is 2.37. The van der Waals surface area contributed by atoms with Gasteiger partial charge < -0.3 is 11.1 Å². The largest absolute Gasteiger partial charge is 0.399 e. The zero-order valence-corrected chi connectivity index (χ0v) is 13.0. The molecular formula is C19H21FN2O. The molecule has 1 fully saturated rings. The van der Waals surface area contributed by atoms with Gasteiger partial charge in [0.25, 0.3) is 0 Å². The normalized spacial score (nSPS) is 15.7. The molecule has 2 aromatic carbocycles. The lowest BCUT2D eigenvalue weighted by Crippen LogP contribution is -2.37. The zero-order valence-electron chi connectivity index (χ0n) is 13.0. The van der Waals surface area contributed by atoms with E-state index < -0.39 is 0 Å². The summed E-state index contributed by atoms with van der Waals surface area (Å²) in [6, 6.07) is 13.7. The summed E-state index contributed by atoms with van der Waals surface area (Å²) >= 11 is 0. The molecule has 1 atom stereocenters. The first-order chi connectivity index (χ1) is 11.1. The van der Waals surface area contributed by atoms with Gasteiger partial charge in [-0.15, -0.1) is 0 Å². The summed E-state index contributed by atoms with van der Waals surface area (Å²) in [6.45, 7) is 0. The van der Waals surface area contributed by atoms with Crippen LogP contribution in [0, 0.1) is 11.7 Å². The quantitative estimate of drug-likeness (QED) is 0.829. The second-order valence-corrected chi connectivity index (χ2v) is 6.21. The van der Waals surface area contributed by atoms with Crippen LogP contribution in [0.25, 0.3) is 0 Å². The predicted octanol–water partition coefficient (Wildman–Crippen LogP) is 3.61. The van der Waals surface area contributed by atoms with Gasteiger partial charge in [0.2, 0.25) is 5.91 Å². The van der Waals surface area contributed by atoms with E-state index >= 15 is 0 Å². The number of halogens is 1. The minimum Gasteiger partial charge on any atom is -0.399 e. The van der Waals surface area contributed by atoms with Crippen LogP contribution in [-0.2, 0) is 11.2 Å². The number of amides is 1. The van der Waals surface area contributed by atoms with E-state index in [1.807, 2.05) is 12.1 Å². The van der Waals surface area contributed by atoms with Crippen LogP contribution in [-0.4, -0.2) is 5.91 Å². The standard InChI is InChI=1S/C19H21FN2O/c20-16-8-6-15(7-9-16)19(14-2-1-3-14)22-18(23)12-13-4-10-17(21)11-5-13/h4-11,14,19H,1-3,12,21H2,(H,22,23). The number of nitrogens with two attached hydrogens (primary N) is 1. The summed E-state index contributed by atoms with van der Waals surface area (Å²) in [6.07, 6.45) is 3.72. The van der Waals surface area contributed by atoms with Crippen LogP contribution in [0.2, 0.25) is 0 Å². The Labute approximate surface area is 135 Å². The number of rotatable bonds is 5. The molecule has 0 radical (unpaired) electrons. The van der Waals surface area contributed by atoms with Gasteiger partial charge in [-0.05, 0) is 54.2 Å². The Morgan fingerprint density at radius 1 is 1.13 bits per heavy atom. The van der Waals surface area contributed by atoms with E-state index in [1.165, 1.54) is 18.6 Å². The Kier molecular flexibility index (Phi) is 4.60. The zero-order chi connectivity index (χ0) is 16.2. The van der Waals surface area contributed by atoms with Crippen molar-refractivity contribution in [1.82, 2.24) is 5.32 Å². The third-order valence-corrected chi connectivity index (χ3v) is 4.51. The Bertz CT molecular complexity index is 663. The smallest absolute Gasteiger partial charge is 0.224 e.